The third-order valence-corrected chi connectivity index (χ3v) is 6.91. The fourth-order valence-corrected chi connectivity index (χ4v) is 6.07. The van der Waals surface area contributed by atoms with Crippen molar-refractivity contribution in [2.24, 2.45) is 17.8 Å². The third kappa shape index (κ3) is 3.99. The minimum absolute atomic E-state index is 0.00921. The number of benzene rings is 1. The molecule has 4 aliphatic carbocycles. The number of carbonyl (C=O) groups excluding carboxylic acids is 1. The molecule has 5 rings (SSSR count). The number of Topliss-reactive ketones (excluding diaryl/α,β-unsaturated/α-hetero) is 1. The van der Waals surface area contributed by atoms with Gasteiger partial charge in [0, 0.05) is 24.8 Å². The van der Waals surface area contributed by atoms with E-state index in [-0.39, 0.29) is 12.4 Å². The number of hydrogen-bond acceptors (Lipinski definition) is 4. The van der Waals surface area contributed by atoms with Crippen molar-refractivity contribution >= 4 is 5.78 Å². The fourth-order valence-electron chi connectivity index (χ4n) is 6.07. The highest BCUT2D eigenvalue weighted by Crippen LogP contribution is 2.54. The van der Waals surface area contributed by atoms with Crippen LogP contribution in [0.3, 0.4) is 0 Å². The van der Waals surface area contributed by atoms with Crippen LogP contribution in [-0.2, 0) is 0 Å². The summed E-state index contributed by atoms with van der Waals surface area (Å²) in [5.41, 5.74) is 0.964. The average molecular weight is 375 g/mol. The van der Waals surface area contributed by atoms with E-state index in [0.29, 0.717) is 29.1 Å². The molecule has 4 fully saturated rings. The lowest BCUT2D eigenvalue weighted by Crippen LogP contribution is -3.00. The Kier molecular flexibility index (Phi) is 5.17. The number of quaternary nitrogens is 1. The number of ketones is 1. The second-order valence-corrected chi connectivity index (χ2v) is 9.11. The van der Waals surface area contributed by atoms with Gasteiger partial charge in [-0.1, -0.05) is 0 Å². The zero-order valence-electron chi connectivity index (χ0n) is 16.4. The molecule has 0 aromatic heterocycles. The van der Waals surface area contributed by atoms with Crippen LogP contribution in [0.2, 0.25) is 0 Å². The van der Waals surface area contributed by atoms with Crippen LogP contribution < -0.4 is 14.8 Å². The second-order valence-electron chi connectivity index (χ2n) is 9.11. The van der Waals surface area contributed by atoms with E-state index in [2.05, 4.69) is 5.32 Å². The lowest BCUT2D eigenvalue weighted by Gasteiger charge is -2.54. The van der Waals surface area contributed by atoms with Crippen LogP contribution in [0.5, 0.6) is 11.5 Å². The maximum Gasteiger partial charge on any atom is 0.161 e. The van der Waals surface area contributed by atoms with Crippen molar-refractivity contribution in [2.75, 3.05) is 20.3 Å². The van der Waals surface area contributed by atoms with Crippen LogP contribution in [0.1, 0.15) is 55.8 Å². The summed E-state index contributed by atoms with van der Waals surface area (Å²) in [7, 11) is 1.56. The lowest BCUT2D eigenvalue weighted by atomic mass is 9.53. The van der Waals surface area contributed by atoms with Crippen molar-refractivity contribution < 1.29 is 24.7 Å². The molecule has 1 aromatic carbocycles. The molecule has 0 saturated heterocycles. The predicted octanol–water partition coefficient (Wildman–Crippen LogP) is 2.17. The smallest absolute Gasteiger partial charge is 0.161 e. The summed E-state index contributed by atoms with van der Waals surface area (Å²) in [6.45, 7) is 2.44. The van der Waals surface area contributed by atoms with Crippen LogP contribution in [0, 0.1) is 17.8 Å². The Morgan fingerprint density at radius 2 is 1.81 bits per heavy atom. The van der Waals surface area contributed by atoms with Gasteiger partial charge in [-0.25, -0.2) is 0 Å². The molecule has 0 spiro atoms. The summed E-state index contributed by atoms with van der Waals surface area (Å²) in [5.74, 6) is 3.85. The zero-order chi connectivity index (χ0) is 19.0. The standard InChI is InChI=1S/C22H31NO4/c1-14(24)18-3-4-20(21(8-18)26-2)27-13-19(25)12-23-22-9-15-5-16(10-22)7-17(6-15)11-22/h3-4,8,15-17,19,23,25H,5-7,9-13H2,1-2H3/p+1/t15?,16?,17?,19-,22?/m1/s1. The number of ether oxygens (including phenoxy) is 2. The van der Waals surface area contributed by atoms with Crippen molar-refractivity contribution in [3.63, 3.8) is 0 Å². The van der Waals surface area contributed by atoms with E-state index in [4.69, 9.17) is 9.47 Å². The molecule has 4 saturated carbocycles. The van der Waals surface area contributed by atoms with Gasteiger partial charge in [0.25, 0.3) is 0 Å². The maximum absolute atomic E-state index is 11.5. The van der Waals surface area contributed by atoms with Crippen LogP contribution in [-0.4, -0.2) is 42.8 Å². The highest BCUT2D eigenvalue weighted by molar-refractivity contribution is 5.94. The number of methoxy groups -OCH3 is 1. The molecule has 0 amide bonds. The van der Waals surface area contributed by atoms with Crippen molar-refractivity contribution in [3.8, 4) is 11.5 Å². The molecule has 27 heavy (non-hydrogen) atoms. The van der Waals surface area contributed by atoms with Crippen LogP contribution >= 0.6 is 0 Å². The summed E-state index contributed by atoms with van der Waals surface area (Å²) >= 11 is 0. The van der Waals surface area contributed by atoms with Crippen LogP contribution in [0.4, 0.5) is 0 Å². The maximum atomic E-state index is 11.5. The van der Waals surface area contributed by atoms with E-state index in [0.717, 1.165) is 17.8 Å². The summed E-state index contributed by atoms with van der Waals surface area (Å²) in [6.07, 6.45) is 7.78. The van der Waals surface area contributed by atoms with Crippen molar-refractivity contribution in [2.45, 2.75) is 57.1 Å². The predicted molar refractivity (Wildman–Crippen MR) is 102 cm³/mol. The monoisotopic (exact) mass is 374 g/mol. The molecule has 5 heteroatoms. The summed E-state index contributed by atoms with van der Waals surface area (Å²) in [4.78, 5) is 11.5. The Morgan fingerprint density at radius 3 is 2.37 bits per heavy atom. The van der Waals surface area contributed by atoms with E-state index in [1.807, 2.05) is 0 Å². The van der Waals surface area contributed by atoms with E-state index in [1.165, 1.54) is 45.4 Å². The van der Waals surface area contributed by atoms with Gasteiger partial charge in [0.2, 0.25) is 0 Å². The van der Waals surface area contributed by atoms with Gasteiger partial charge in [0.1, 0.15) is 19.3 Å². The van der Waals surface area contributed by atoms with Gasteiger partial charge in [-0.3, -0.25) is 4.79 Å². The van der Waals surface area contributed by atoms with Gasteiger partial charge in [0.15, 0.2) is 17.3 Å². The Bertz CT molecular complexity index is 666. The van der Waals surface area contributed by atoms with E-state index < -0.39 is 6.10 Å². The number of nitrogens with two attached hydrogens (primary N) is 1. The zero-order valence-corrected chi connectivity index (χ0v) is 16.4. The van der Waals surface area contributed by atoms with Gasteiger partial charge in [0.05, 0.1) is 12.6 Å². The van der Waals surface area contributed by atoms with Crippen molar-refractivity contribution in [1.82, 2.24) is 0 Å². The second kappa shape index (κ2) is 7.44. The van der Waals surface area contributed by atoms with Gasteiger partial charge in [-0.2, -0.15) is 0 Å². The quantitative estimate of drug-likeness (QED) is 0.684. The third-order valence-electron chi connectivity index (χ3n) is 6.91. The van der Waals surface area contributed by atoms with Crippen LogP contribution in [0.15, 0.2) is 18.2 Å². The Balaban J connectivity index is 1.30. The number of hydrogen-bond donors (Lipinski definition) is 2. The molecule has 0 heterocycles. The van der Waals surface area contributed by atoms with Crippen LogP contribution in [0.25, 0.3) is 0 Å². The highest BCUT2D eigenvalue weighted by Gasteiger charge is 2.53. The van der Waals surface area contributed by atoms with E-state index in [9.17, 15) is 9.90 Å². The molecule has 148 valence electrons. The first-order valence-electron chi connectivity index (χ1n) is 10.3. The van der Waals surface area contributed by atoms with E-state index >= 15 is 0 Å². The largest absolute Gasteiger partial charge is 0.493 e. The summed E-state index contributed by atoms with van der Waals surface area (Å²) in [5, 5.41) is 12.9. The number of carbonyl (C=O) groups is 1. The molecule has 3 N–H and O–H groups in total. The Morgan fingerprint density at radius 1 is 1.19 bits per heavy atom. The first-order valence-corrected chi connectivity index (χ1v) is 10.3. The molecular weight excluding hydrogens is 342 g/mol. The van der Waals surface area contributed by atoms with Gasteiger partial charge >= 0.3 is 0 Å². The number of aliphatic hydroxyl groups excluding tert-OH is 1. The van der Waals surface area contributed by atoms with Crippen molar-refractivity contribution in [1.29, 1.82) is 0 Å². The summed E-state index contributed by atoms with van der Waals surface area (Å²) in [6, 6.07) is 5.16. The fraction of sp³-hybridized carbons (Fsp3) is 0.682. The van der Waals surface area contributed by atoms with E-state index in [1.54, 1.807) is 25.3 Å². The molecule has 1 atom stereocenters. The van der Waals surface area contributed by atoms with Crippen molar-refractivity contribution in [3.05, 3.63) is 23.8 Å². The molecule has 0 aliphatic heterocycles. The molecule has 4 aliphatic rings. The Labute approximate surface area is 161 Å². The SMILES string of the molecule is COc1cc(C(C)=O)ccc1OC[C@H](O)C[NH2+]C12CC3CC(CC(C3)C1)C2. The normalized spacial score (nSPS) is 32.3. The van der Waals surface area contributed by atoms with Gasteiger partial charge in [-0.15, -0.1) is 0 Å². The topological polar surface area (TPSA) is 72.4 Å². The number of aliphatic hydroxyl groups is 1. The minimum atomic E-state index is -0.518. The number of rotatable bonds is 8. The first kappa shape index (κ1) is 18.8. The molecule has 0 unspecified atom stereocenters. The first-order chi connectivity index (χ1) is 13.0. The Hall–Kier alpha value is -1.59. The molecule has 1 aromatic rings. The average Bonchev–Trinajstić information content (AvgIpc) is 2.63. The summed E-state index contributed by atoms with van der Waals surface area (Å²) < 4.78 is 11.1. The molecule has 4 bridgehead atoms. The minimum Gasteiger partial charge on any atom is -0.493 e. The lowest BCUT2D eigenvalue weighted by molar-refractivity contribution is -0.743. The van der Waals surface area contributed by atoms with Gasteiger partial charge < -0.3 is 19.9 Å². The highest BCUT2D eigenvalue weighted by atomic mass is 16.5. The molecule has 0 radical (unpaired) electrons. The molecule has 5 nitrogen and oxygen atoms in total. The molecular formula is C22H32NO4+. The van der Waals surface area contributed by atoms with Gasteiger partial charge in [-0.05, 0) is 62.1 Å².